The van der Waals surface area contributed by atoms with E-state index in [1.165, 1.54) is 6.92 Å². The third-order valence-corrected chi connectivity index (χ3v) is 2.97. The van der Waals surface area contributed by atoms with Crippen molar-refractivity contribution in [3.8, 4) is 11.3 Å². The summed E-state index contributed by atoms with van der Waals surface area (Å²) < 4.78 is 5.06. The summed E-state index contributed by atoms with van der Waals surface area (Å²) in [5.74, 6) is -0.669. The second kappa shape index (κ2) is 5.69. The van der Waals surface area contributed by atoms with E-state index in [-0.39, 0.29) is 18.0 Å². The molecule has 2 aromatic rings. The fourth-order valence-electron chi connectivity index (χ4n) is 2.20. The van der Waals surface area contributed by atoms with Crippen LogP contribution < -0.4 is 0 Å². The molecule has 0 radical (unpaired) electrons. The van der Waals surface area contributed by atoms with Crippen LogP contribution in [0.2, 0.25) is 0 Å². The normalized spacial score (nSPS) is 10.3. The molecule has 0 aliphatic carbocycles. The van der Waals surface area contributed by atoms with Crippen molar-refractivity contribution >= 4 is 11.8 Å². The Morgan fingerprint density at radius 2 is 2.10 bits per heavy atom. The van der Waals surface area contributed by atoms with Crippen molar-refractivity contribution in [2.24, 2.45) is 0 Å². The van der Waals surface area contributed by atoms with Crippen molar-refractivity contribution in [1.82, 2.24) is 9.97 Å². The molecule has 0 saturated carbocycles. The number of aromatic nitrogens is 2. The van der Waals surface area contributed by atoms with Gasteiger partial charge in [0.05, 0.1) is 23.4 Å². The van der Waals surface area contributed by atoms with E-state index in [0.29, 0.717) is 17.0 Å². The van der Waals surface area contributed by atoms with Gasteiger partial charge in [-0.05, 0) is 32.9 Å². The van der Waals surface area contributed by atoms with E-state index in [9.17, 15) is 9.59 Å². The van der Waals surface area contributed by atoms with Crippen LogP contribution >= 0.6 is 0 Å². The Labute approximate surface area is 117 Å². The van der Waals surface area contributed by atoms with Crippen LogP contribution in [0.4, 0.5) is 0 Å². The summed E-state index contributed by atoms with van der Waals surface area (Å²) in [5, 5.41) is 0. The lowest BCUT2D eigenvalue weighted by Gasteiger charge is -2.05. The maximum Gasteiger partial charge on any atom is 0.341 e. The van der Waals surface area contributed by atoms with Gasteiger partial charge in [0.25, 0.3) is 0 Å². The van der Waals surface area contributed by atoms with Gasteiger partial charge in [-0.15, -0.1) is 0 Å². The SMILES string of the molecule is CCOC(=O)c1c(-c2cccnc2)[nH]c(C)c1C(C)=O. The minimum Gasteiger partial charge on any atom is -0.462 e. The van der Waals surface area contributed by atoms with Crippen LogP contribution in [0.15, 0.2) is 24.5 Å². The number of aromatic amines is 1. The summed E-state index contributed by atoms with van der Waals surface area (Å²) in [7, 11) is 0. The predicted molar refractivity (Wildman–Crippen MR) is 74.7 cm³/mol. The Kier molecular flexibility index (Phi) is 3.98. The highest BCUT2D eigenvalue weighted by Crippen LogP contribution is 2.28. The number of rotatable bonds is 4. The van der Waals surface area contributed by atoms with Gasteiger partial charge in [-0.1, -0.05) is 0 Å². The smallest absolute Gasteiger partial charge is 0.341 e. The standard InChI is InChI=1S/C15H16N2O3/c1-4-20-15(19)13-12(10(3)18)9(2)17-14(13)11-6-5-7-16-8-11/h5-8,17H,4H2,1-3H3. The van der Waals surface area contributed by atoms with Gasteiger partial charge in [-0.3, -0.25) is 9.78 Å². The number of nitrogens with one attached hydrogen (secondary N) is 1. The first-order valence-corrected chi connectivity index (χ1v) is 6.37. The molecule has 1 N–H and O–H groups in total. The average molecular weight is 272 g/mol. The van der Waals surface area contributed by atoms with Gasteiger partial charge in [0.15, 0.2) is 5.78 Å². The van der Waals surface area contributed by atoms with Gasteiger partial charge in [-0.25, -0.2) is 4.79 Å². The molecule has 0 aromatic carbocycles. The number of aryl methyl sites for hydroxylation is 1. The molecule has 0 aliphatic rings. The zero-order valence-electron chi connectivity index (χ0n) is 11.7. The Morgan fingerprint density at radius 1 is 1.35 bits per heavy atom. The lowest BCUT2D eigenvalue weighted by atomic mass is 10.0. The highest BCUT2D eigenvalue weighted by molar-refractivity contribution is 6.10. The van der Waals surface area contributed by atoms with Crippen LogP contribution in [0.3, 0.4) is 0 Å². The fraction of sp³-hybridized carbons (Fsp3) is 0.267. The van der Waals surface area contributed by atoms with Crippen molar-refractivity contribution < 1.29 is 14.3 Å². The first kappa shape index (κ1) is 14.0. The zero-order chi connectivity index (χ0) is 14.7. The number of ketones is 1. The lowest BCUT2D eigenvalue weighted by Crippen LogP contribution is -2.10. The number of carbonyl (C=O) groups is 2. The Bertz CT molecular complexity index is 645. The molecule has 0 fully saturated rings. The van der Waals surface area contributed by atoms with Gasteiger partial charge in [0, 0.05) is 23.7 Å². The molecule has 0 amide bonds. The van der Waals surface area contributed by atoms with Crippen molar-refractivity contribution in [2.45, 2.75) is 20.8 Å². The predicted octanol–water partition coefficient (Wildman–Crippen LogP) is 2.76. The largest absolute Gasteiger partial charge is 0.462 e. The average Bonchev–Trinajstić information content (AvgIpc) is 2.78. The van der Waals surface area contributed by atoms with Gasteiger partial charge >= 0.3 is 5.97 Å². The van der Waals surface area contributed by atoms with E-state index in [1.807, 2.05) is 6.07 Å². The number of hydrogen-bond donors (Lipinski definition) is 1. The number of carbonyl (C=O) groups excluding carboxylic acids is 2. The lowest BCUT2D eigenvalue weighted by molar-refractivity contribution is 0.0524. The third kappa shape index (κ3) is 2.47. The van der Waals surface area contributed by atoms with E-state index in [4.69, 9.17) is 4.74 Å². The summed E-state index contributed by atoms with van der Waals surface area (Å²) >= 11 is 0. The van der Waals surface area contributed by atoms with E-state index in [0.717, 1.165) is 5.56 Å². The van der Waals surface area contributed by atoms with Crippen LogP contribution in [-0.2, 0) is 4.74 Å². The molecule has 5 heteroatoms. The molecule has 2 rings (SSSR count). The summed E-state index contributed by atoms with van der Waals surface area (Å²) in [6.45, 7) is 5.19. The molecular formula is C15H16N2O3. The van der Waals surface area contributed by atoms with Crippen molar-refractivity contribution in [3.05, 3.63) is 41.3 Å². The van der Waals surface area contributed by atoms with Crippen LogP contribution in [-0.4, -0.2) is 28.3 Å². The first-order chi connectivity index (χ1) is 9.56. The molecule has 0 unspecified atom stereocenters. The molecule has 0 aliphatic heterocycles. The second-order valence-electron chi connectivity index (χ2n) is 4.39. The topological polar surface area (TPSA) is 72.0 Å². The molecule has 0 bridgehead atoms. The highest BCUT2D eigenvalue weighted by Gasteiger charge is 2.25. The third-order valence-electron chi connectivity index (χ3n) is 2.97. The molecule has 0 atom stereocenters. The number of nitrogens with zero attached hydrogens (tertiary/aromatic N) is 1. The van der Waals surface area contributed by atoms with Crippen molar-refractivity contribution in [3.63, 3.8) is 0 Å². The van der Waals surface area contributed by atoms with Gasteiger partial charge in [0.1, 0.15) is 0 Å². The summed E-state index contributed by atoms with van der Waals surface area (Å²) in [6.07, 6.45) is 3.28. The Morgan fingerprint density at radius 3 is 2.65 bits per heavy atom. The zero-order valence-corrected chi connectivity index (χ0v) is 11.7. The van der Waals surface area contributed by atoms with Crippen LogP contribution in [0, 0.1) is 6.92 Å². The van der Waals surface area contributed by atoms with Gasteiger partial charge < -0.3 is 9.72 Å². The maximum atomic E-state index is 12.2. The molecule has 0 saturated heterocycles. The summed E-state index contributed by atoms with van der Waals surface area (Å²) in [5.41, 5.74) is 2.62. The number of H-pyrrole nitrogens is 1. The summed E-state index contributed by atoms with van der Waals surface area (Å²) in [6, 6.07) is 3.60. The molecule has 0 spiro atoms. The molecular weight excluding hydrogens is 256 g/mol. The van der Waals surface area contributed by atoms with Crippen LogP contribution in [0.25, 0.3) is 11.3 Å². The van der Waals surface area contributed by atoms with Gasteiger partial charge in [-0.2, -0.15) is 0 Å². The van der Waals surface area contributed by atoms with E-state index >= 15 is 0 Å². The number of Topliss-reactive ketones (excluding diaryl/α,β-unsaturated/α-hetero) is 1. The van der Waals surface area contributed by atoms with Gasteiger partial charge in [0.2, 0.25) is 0 Å². The second-order valence-corrected chi connectivity index (χ2v) is 4.39. The van der Waals surface area contributed by atoms with Crippen LogP contribution in [0.1, 0.15) is 40.3 Å². The molecule has 5 nitrogen and oxygen atoms in total. The van der Waals surface area contributed by atoms with E-state index < -0.39 is 5.97 Å². The number of pyridine rings is 1. The molecule has 20 heavy (non-hydrogen) atoms. The van der Waals surface area contributed by atoms with Crippen molar-refractivity contribution in [1.29, 1.82) is 0 Å². The number of esters is 1. The number of hydrogen-bond acceptors (Lipinski definition) is 4. The summed E-state index contributed by atoms with van der Waals surface area (Å²) in [4.78, 5) is 31.1. The quantitative estimate of drug-likeness (QED) is 0.686. The van der Waals surface area contributed by atoms with Crippen LogP contribution in [0.5, 0.6) is 0 Å². The minimum absolute atomic E-state index is 0.169. The molecule has 2 aromatic heterocycles. The maximum absolute atomic E-state index is 12.2. The fourth-order valence-corrected chi connectivity index (χ4v) is 2.20. The van der Waals surface area contributed by atoms with Crippen molar-refractivity contribution in [2.75, 3.05) is 6.61 Å². The Hall–Kier alpha value is -2.43. The van der Waals surface area contributed by atoms with E-state index in [1.54, 1.807) is 32.3 Å². The minimum atomic E-state index is -0.499. The molecule has 104 valence electrons. The Balaban J connectivity index is 2.66. The van der Waals surface area contributed by atoms with E-state index in [2.05, 4.69) is 9.97 Å². The molecule has 2 heterocycles. The highest BCUT2D eigenvalue weighted by atomic mass is 16.5. The monoisotopic (exact) mass is 272 g/mol. The number of ether oxygens (including phenoxy) is 1. The first-order valence-electron chi connectivity index (χ1n) is 6.37.